The highest BCUT2D eigenvalue weighted by atomic mass is 32.2. The van der Waals surface area contributed by atoms with Crippen LogP contribution in [0.5, 0.6) is 0 Å². The van der Waals surface area contributed by atoms with Crippen LogP contribution in [0.2, 0.25) is 0 Å². The molecule has 28 heavy (non-hydrogen) atoms. The molecule has 0 spiro atoms. The zero-order chi connectivity index (χ0) is 19.7. The lowest BCUT2D eigenvalue weighted by Gasteiger charge is -2.20. The molecule has 2 saturated heterocycles. The molecular weight excluding hydrogens is 378 g/mol. The van der Waals surface area contributed by atoms with Gasteiger partial charge in [-0.1, -0.05) is 17.7 Å². The fourth-order valence-electron chi connectivity index (χ4n) is 3.86. The molecule has 0 aliphatic carbocycles. The van der Waals surface area contributed by atoms with Gasteiger partial charge in [-0.05, 0) is 31.2 Å². The molecular formula is C20H23N3O4S. The third-order valence-corrected chi connectivity index (χ3v) is 7.38. The number of benzene rings is 1. The van der Waals surface area contributed by atoms with Gasteiger partial charge < -0.3 is 10.1 Å². The first-order valence-corrected chi connectivity index (χ1v) is 10.8. The van der Waals surface area contributed by atoms with E-state index >= 15 is 0 Å². The van der Waals surface area contributed by atoms with Crippen molar-refractivity contribution in [1.82, 2.24) is 14.6 Å². The number of hydrogen-bond acceptors (Lipinski definition) is 5. The van der Waals surface area contributed by atoms with E-state index in [0.29, 0.717) is 36.7 Å². The third-order valence-electron chi connectivity index (χ3n) is 5.53. The SMILES string of the molecule is Cc1ccc(S(=O)(=O)N2C[C@@H]3[C@@H](CNC(=O)c4ccncc4)CO[C@@H]3C2)cc1. The molecule has 7 nitrogen and oxygen atoms in total. The Morgan fingerprint density at radius 2 is 1.89 bits per heavy atom. The molecule has 0 bridgehead atoms. The maximum atomic E-state index is 12.9. The first-order chi connectivity index (χ1) is 13.4. The Bertz CT molecular complexity index is 947. The summed E-state index contributed by atoms with van der Waals surface area (Å²) in [7, 11) is -3.54. The standard InChI is InChI=1S/C20H23N3O4S/c1-14-2-4-17(5-3-14)28(25,26)23-11-18-16(13-27-19(18)12-23)10-22-20(24)15-6-8-21-9-7-15/h2-9,16,18-19H,10-13H2,1H3,(H,22,24)/t16-,18+,19+/m0/s1. The summed E-state index contributed by atoms with van der Waals surface area (Å²) in [5.41, 5.74) is 1.58. The van der Waals surface area contributed by atoms with Crippen LogP contribution in [0.4, 0.5) is 0 Å². The van der Waals surface area contributed by atoms with E-state index in [1.54, 1.807) is 48.8 Å². The van der Waals surface area contributed by atoms with E-state index in [0.717, 1.165) is 5.56 Å². The number of nitrogens with zero attached hydrogens (tertiary/aromatic N) is 2. The number of rotatable bonds is 5. The van der Waals surface area contributed by atoms with Crippen LogP contribution in [0.25, 0.3) is 0 Å². The molecule has 148 valence electrons. The van der Waals surface area contributed by atoms with Gasteiger partial charge >= 0.3 is 0 Å². The van der Waals surface area contributed by atoms with Gasteiger partial charge in [0.05, 0.1) is 17.6 Å². The Morgan fingerprint density at radius 1 is 1.18 bits per heavy atom. The van der Waals surface area contributed by atoms with Gasteiger partial charge in [0.1, 0.15) is 0 Å². The minimum Gasteiger partial charge on any atom is -0.376 e. The molecule has 2 aromatic rings. The second-order valence-electron chi connectivity index (χ2n) is 7.38. The zero-order valence-electron chi connectivity index (χ0n) is 15.6. The fourth-order valence-corrected chi connectivity index (χ4v) is 5.35. The fraction of sp³-hybridized carbons (Fsp3) is 0.400. The number of sulfonamides is 1. The number of pyridine rings is 1. The van der Waals surface area contributed by atoms with E-state index in [4.69, 9.17) is 4.74 Å². The lowest BCUT2D eigenvalue weighted by atomic mass is 9.93. The highest BCUT2D eigenvalue weighted by Gasteiger charge is 2.47. The van der Waals surface area contributed by atoms with Crippen molar-refractivity contribution in [2.75, 3.05) is 26.2 Å². The number of amides is 1. The van der Waals surface area contributed by atoms with Gasteiger partial charge in [-0.2, -0.15) is 4.31 Å². The van der Waals surface area contributed by atoms with Gasteiger partial charge in [0.25, 0.3) is 5.91 Å². The van der Waals surface area contributed by atoms with E-state index in [1.807, 2.05) is 6.92 Å². The highest BCUT2D eigenvalue weighted by molar-refractivity contribution is 7.89. The zero-order valence-corrected chi connectivity index (χ0v) is 16.4. The van der Waals surface area contributed by atoms with Crippen LogP contribution in [-0.4, -0.2) is 56.0 Å². The molecule has 2 aliphatic rings. The van der Waals surface area contributed by atoms with Crippen molar-refractivity contribution in [3.05, 3.63) is 59.9 Å². The monoisotopic (exact) mass is 401 g/mol. The summed E-state index contributed by atoms with van der Waals surface area (Å²) < 4.78 is 33.2. The Labute approximate surface area is 164 Å². The first kappa shape index (κ1) is 19.0. The predicted molar refractivity (Wildman–Crippen MR) is 103 cm³/mol. The number of hydrogen-bond donors (Lipinski definition) is 1. The number of ether oxygens (including phenoxy) is 1. The first-order valence-electron chi connectivity index (χ1n) is 9.32. The van der Waals surface area contributed by atoms with Crippen LogP contribution in [0.15, 0.2) is 53.7 Å². The molecule has 3 atom stereocenters. The molecule has 4 rings (SSSR count). The van der Waals surface area contributed by atoms with Gasteiger partial charge in [0.15, 0.2) is 0 Å². The quantitative estimate of drug-likeness (QED) is 0.819. The maximum absolute atomic E-state index is 12.9. The Morgan fingerprint density at radius 3 is 2.61 bits per heavy atom. The molecule has 1 amide bonds. The van der Waals surface area contributed by atoms with Crippen LogP contribution in [0, 0.1) is 18.8 Å². The van der Waals surface area contributed by atoms with Crippen molar-refractivity contribution in [2.45, 2.75) is 17.9 Å². The van der Waals surface area contributed by atoms with Gasteiger partial charge in [0, 0.05) is 49.4 Å². The van der Waals surface area contributed by atoms with Crippen LogP contribution >= 0.6 is 0 Å². The number of carbonyl (C=O) groups excluding carboxylic acids is 1. The lowest BCUT2D eigenvalue weighted by molar-refractivity contribution is 0.0932. The van der Waals surface area contributed by atoms with E-state index in [9.17, 15) is 13.2 Å². The topological polar surface area (TPSA) is 88.6 Å². The van der Waals surface area contributed by atoms with Crippen molar-refractivity contribution >= 4 is 15.9 Å². The van der Waals surface area contributed by atoms with Crippen molar-refractivity contribution < 1.29 is 17.9 Å². The van der Waals surface area contributed by atoms with E-state index < -0.39 is 10.0 Å². The van der Waals surface area contributed by atoms with Gasteiger partial charge in [-0.3, -0.25) is 9.78 Å². The lowest BCUT2D eigenvalue weighted by Crippen LogP contribution is -2.35. The Hall–Kier alpha value is -2.29. The largest absolute Gasteiger partial charge is 0.376 e. The summed E-state index contributed by atoms with van der Waals surface area (Å²) in [6.07, 6.45) is 3.03. The number of carbonyl (C=O) groups is 1. The molecule has 1 aromatic carbocycles. The van der Waals surface area contributed by atoms with Crippen LogP contribution in [0.1, 0.15) is 15.9 Å². The molecule has 0 saturated carbocycles. The second kappa shape index (κ2) is 7.62. The number of nitrogens with one attached hydrogen (secondary N) is 1. The Balaban J connectivity index is 1.40. The van der Waals surface area contributed by atoms with E-state index in [2.05, 4.69) is 10.3 Å². The van der Waals surface area contributed by atoms with Gasteiger partial charge in [0.2, 0.25) is 10.0 Å². The molecule has 3 heterocycles. The highest BCUT2D eigenvalue weighted by Crippen LogP contribution is 2.36. The molecule has 8 heteroatoms. The molecule has 1 aromatic heterocycles. The summed E-state index contributed by atoms with van der Waals surface area (Å²) in [4.78, 5) is 16.5. The van der Waals surface area contributed by atoms with Crippen molar-refractivity contribution in [2.24, 2.45) is 11.8 Å². The molecule has 1 N–H and O–H groups in total. The van der Waals surface area contributed by atoms with Crippen molar-refractivity contribution in [3.63, 3.8) is 0 Å². The summed E-state index contributed by atoms with van der Waals surface area (Å²) in [5, 5.41) is 2.93. The predicted octanol–water partition coefficient (Wildman–Crippen LogP) is 1.46. The summed E-state index contributed by atoms with van der Waals surface area (Å²) in [6, 6.07) is 10.2. The molecule has 0 radical (unpaired) electrons. The van der Waals surface area contributed by atoms with Crippen LogP contribution in [0.3, 0.4) is 0 Å². The smallest absolute Gasteiger partial charge is 0.251 e. The number of fused-ring (bicyclic) bond motifs is 1. The molecule has 2 fully saturated rings. The average Bonchev–Trinajstić information content (AvgIpc) is 3.29. The van der Waals surface area contributed by atoms with Crippen molar-refractivity contribution in [1.29, 1.82) is 0 Å². The average molecular weight is 401 g/mol. The summed E-state index contributed by atoms with van der Waals surface area (Å²) in [6.45, 7) is 3.69. The van der Waals surface area contributed by atoms with Crippen molar-refractivity contribution in [3.8, 4) is 0 Å². The van der Waals surface area contributed by atoms with E-state index in [1.165, 1.54) is 4.31 Å². The summed E-state index contributed by atoms with van der Waals surface area (Å²) in [5.74, 6) is 0.0138. The van der Waals surface area contributed by atoms with E-state index in [-0.39, 0.29) is 23.8 Å². The van der Waals surface area contributed by atoms with Gasteiger partial charge in [-0.25, -0.2) is 8.42 Å². The number of aryl methyl sites for hydroxylation is 1. The second-order valence-corrected chi connectivity index (χ2v) is 9.31. The van der Waals surface area contributed by atoms with Crippen LogP contribution in [-0.2, 0) is 14.8 Å². The Kier molecular flexibility index (Phi) is 5.18. The molecule has 2 aliphatic heterocycles. The van der Waals surface area contributed by atoms with Crippen LogP contribution < -0.4 is 5.32 Å². The molecule has 0 unspecified atom stereocenters. The number of aromatic nitrogens is 1. The third kappa shape index (κ3) is 3.67. The normalized spacial score (nSPS) is 24.8. The van der Waals surface area contributed by atoms with Gasteiger partial charge in [-0.15, -0.1) is 0 Å². The maximum Gasteiger partial charge on any atom is 0.251 e. The minimum atomic E-state index is -3.54. The summed E-state index contributed by atoms with van der Waals surface area (Å²) >= 11 is 0. The minimum absolute atomic E-state index is 0.0814.